The highest BCUT2D eigenvalue weighted by Gasteiger charge is 2.25. The van der Waals surface area contributed by atoms with E-state index in [0.717, 1.165) is 18.4 Å². The van der Waals surface area contributed by atoms with Crippen molar-refractivity contribution in [3.8, 4) is 0 Å². The summed E-state index contributed by atoms with van der Waals surface area (Å²) < 4.78 is 22.9. The summed E-state index contributed by atoms with van der Waals surface area (Å²) in [5, 5.41) is 0. The highest BCUT2D eigenvalue weighted by atomic mass is 32.2. The Balaban J connectivity index is 2.21. The van der Waals surface area contributed by atoms with E-state index in [9.17, 15) is 8.42 Å². The van der Waals surface area contributed by atoms with Crippen molar-refractivity contribution in [2.45, 2.75) is 18.8 Å². The van der Waals surface area contributed by atoms with E-state index in [1.165, 1.54) is 0 Å². The summed E-state index contributed by atoms with van der Waals surface area (Å²) in [6.45, 7) is 0. The Morgan fingerprint density at radius 1 is 1.14 bits per heavy atom. The maximum Gasteiger partial charge on any atom is 0.150 e. The highest BCUT2D eigenvalue weighted by Crippen LogP contribution is 2.27. The van der Waals surface area contributed by atoms with Gasteiger partial charge < -0.3 is 0 Å². The van der Waals surface area contributed by atoms with Crippen LogP contribution < -0.4 is 0 Å². The second kappa shape index (κ2) is 3.73. The summed E-state index contributed by atoms with van der Waals surface area (Å²) in [7, 11) is -2.78. The van der Waals surface area contributed by atoms with Gasteiger partial charge in [-0.25, -0.2) is 8.42 Å². The van der Waals surface area contributed by atoms with E-state index in [1.54, 1.807) is 0 Å². The maximum atomic E-state index is 11.4. The normalized spacial score (nSPS) is 25.9. The van der Waals surface area contributed by atoms with Gasteiger partial charge in [0.25, 0.3) is 0 Å². The summed E-state index contributed by atoms with van der Waals surface area (Å²) in [6.07, 6.45) is 1.81. The predicted molar refractivity (Wildman–Crippen MR) is 57.1 cm³/mol. The molecule has 1 saturated heterocycles. The molecule has 1 aromatic carbocycles. The molecule has 1 aliphatic rings. The van der Waals surface area contributed by atoms with Gasteiger partial charge in [-0.15, -0.1) is 0 Å². The van der Waals surface area contributed by atoms with E-state index in [4.69, 9.17) is 0 Å². The fourth-order valence-corrected chi connectivity index (χ4v) is 3.76. The van der Waals surface area contributed by atoms with Gasteiger partial charge in [-0.2, -0.15) is 0 Å². The van der Waals surface area contributed by atoms with Gasteiger partial charge in [0.05, 0.1) is 11.5 Å². The Hall–Kier alpha value is -0.830. The molecule has 0 aliphatic carbocycles. The Bertz CT molecular complexity index is 395. The van der Waals surface area contributed by atoms with Crippen molar-refractivity contribution in [1.82, 2.24) is 0 Å². The molecule has 2 rings (SSSR count). The zero-order chi connectivity index (χ0) is 10.0. The van der Waals surface area contributed by atoms with Crippen LogP contribution >= 0.6 is 0 Å². The molecular formula is C11H14O2S. The van der Waals surface area contributed by atoms with Gasteiger partial charge >= 0.3 is 0 Å². The Kier molecular flexibility index (Phi) is 2.59. The van der Waals surface area contributed by atoms with Crippen LogP contribution in [-0.4, -0.2) is 19.9 Å². The summed E-state index contributed by atoms with van der Waals surface area (Å²) in [5.74, 6) is 0.919. The van der Waals surface area contributed by atoms with Crippen LogP contribution in [0.5, 0.6) is 0 Å². The first-order valence-corrected chi connectivity index (χ1v) is 6.75. The topological polar surface area (TPSA) is 34.1 Å². The van der Waals surface area contributed by atoms with Gasteiger partial charge in [0.2, 0.25) is 0 Å². The molecular weight excluding hydrogens is 196 g/mol. The molecule has 1 unspecified atom stereocenters. The molecule has 0 saturated carbocycles. The number of benzene rings is 1. The summed E-state index contributed by atoms with van der Waals surface area (Å²) in [6, 6.07) is 9.94. The van der Waals surface area contributed by atoms with Gasteiger partial charge in [0.15, 0.2) is 9.84 Å². The predicted octanol–water partition coefficient (Wildman–Crippen LogP) is 1.98. The summed E-state index contributed by atoms with van der Waals surface area (Å²) >= 11 is 0. The largest absolute Gasteiger partial charge is 0.229 e. The third kappa shape index (κ3) is 2.15. The SMILES string of the molecule is O=S1(=O)CCCC(c2ccccc2)C1. The van der Waals surface area contributed by atoms with Crippen molar-refractivity contribution in [2.24, 2.45) is 0 Å². The first-order chi connectivity index (χ1) is 6.67. The lowest BCUT2D eigenvalue weighted by Crippen LogP contribution is -2.23. The van der Waals surface area contributed by atoms with Gasteiger partial charge in [-0.1, -0.05) is 30.3 Å². The molecule has 1 heterocycles. The molecule has 0 amide bonds. The molecule has 0 bridgehead atoms. The molecule has 14 heavy (non-hydrogen) atoms. The fourth-order valence-electron chi connectivity index (χ4n) is 2.01. The Morgan fingerprint density at radius 2 is 1.86 bits per heavy atom. The van der Waals surface area contributed by atoms with E-state index in [2.05, 4.69) is 0 Å². The smallest absolute Gasteiger partial charge is 0.150 e. The van der Waals surface area contributed by atoms with Crippen LogP contribution in [0.2, 0.25) is 0 Å². The van der Waals surface area contributed by atoms with Crippen molar-refractivity contribution in [2.75, 3.05) is 11.5 Å². The van der Waals surface area contributed by atoms with Crippen LogP contribution in [0.1, 0.15) is 24.3 Å². The van der Waals surface area contributed by atoms with Crippen LogP contribution in [-0.2, 0) is 9.84 Å². The molecule has 1 atom stereocenters. The fraction of sp³-hybridized carbons (Fsp3) is 0.455. The molecule has 76 valence electrons. The molecule has 0 aromatic heterocycles. The van der Waals surface area contributed by atoms with Crippen molar-refractivity contribution in [1.29, 1.82) is 0 Å². The number of sulfone groups is 1. The molecule has 0 N–H and O–H groups in total. The zero-order valence-electron chi connectivity index (χ0n) is 8.02. The minimum Gasteiger partial charge on any atom is -0.229 e. The van der Waals surface area contributed by atoms with Crippen LogP contribution in [0.15, 0.2) is 30.3 Å². The minimum absolute atomic E-state index is 0.218. The van der Waals surface area contributed by atoms with E-state index in [-0.39, 0.29) is 5.92 Å². The van der Waals surface area contributed by atoms with E-state index in [0.29, 0.717) is 11.5 Å². The second-order valence-corrected chi connectivity index (χ2v) is 6.09. The molecule has 0 spiro atoms. The summed E-state index contributed by atoms with van der Waals surface area (Å²) in [4.78, 5) is 0. The van der Waals surface area contributed by atoms with Gasteiger partial charge in [0, 0.05) is 0 Å². The summed E-state index contributed by atoms with van der Waals surface area (Å²) in [5.41, 5.74) is 1.16. The Morgan fingerprint density at radius 3 is 2.50 bits per heavy atom. The van der Waals surface area contributed by atoms with E-state index < -0.39 is 9.84 Å². The van der Waals surface area contributed by atoms with E-state index >= 15 is 0 Å². The second-order valence-electron chi connectivity index (χ2n) is 3.86. The average molecular weight is 210 g/mol. The molecule has 2 nitrogen and oxygen atoms in total. The number of hydrogen-bond donors (Lipinski definition) is 0. The molecule has 3 heteroatoms. The quantitative estimate of drug-likeness (QED) is 0.710. The average Bonchev–Trinajstić information content (AvgIpc) is 2.18. The van der Waals surface area contributed by atoms with E-state index in [1.807, 2.05) is 30.3 Å². The van der Waals surface area contributed by atoms with Crippen LogP contribution in [0, 0.1) is 0 Å². The van der Waals surface area contributed by atoms with Crippen molar-refractivity contribution >= 4 is 9.84 Å². The van der Waals surface area contributed by atoms with Crippen LogP contribution in [0.4, 0.5) is 0 Å². The van der Waals surface area contributed by atoms with Crippen LogP contribution in [0.3, 0.4) is 0 Å². The number of rotatable bonds is 1. The maximum absolute atomic E-state index is 11.4. The lowest BCUT2D eigenvalue weighted by Gasteiger charge is -2.21. The molecule has 0 radical (unpaired) electrons. The Labute approximate surface area is 84.9 Å². The highest BCUT2D eigenvalue weighted by molar-refractivity contribution is 7.91. The number of hydrogen-bond acceptors (Lipinski definition) is 2. The van der Waals surface area contributed by atoms with Crippen LogP contribution in [0.25, 0.3) is 0 Å². The minimum atomic E-state index is -2.78. The van der Waals surface area contributed by atoms with Gasteiger partial charge in [-0.3, -0.25) is 0 Å². The standard InChI is InChI=1S/C11H14O2S/c12-14(13)8-4-7-11(9-14)10-5-2-1-3-6-10/h1-3,5-6,11H,4,7-9H2. The lowest BCUT2D eigenvalue weighted by molar-refractivity contribution is 0.554. The zero-order valence-corrected chi connectivity index (χ0v) is 8.83. The first-order valence-electron chi connectivity index (χ1n) is 4.93. The van der Waals surface area contributed by atoms with Gasteiger partial charge in [0.1, 0.15) is 0 Å². The van der Waals surface area contributed by atoms with Crippen molar-refractivity contribution in [3.05, 3.63) is 35.9 Å². The third-order valence-corrected chi connectivity index (χ3v) is 4.55. The third-order valence-electron chi connectivity index (χ3n) is 2.73. The van der Waals surface area contributed by atoms with Gasteiger partial charge in [-0.05, 0) is 24.3 Å². The van der Waals surface area contributed by atoms with Crippen molar-refractivity contribution in [3.63, 3.8) is 0 Å². The lowest BCUT2D eigenvalue weighted by atomic mass is 9.96. The molecule has 1 aromatic rings. The first kappa shape index (κ1) is 9.71. The molecule has 1 fully saturated rings. The van der Waals surface area contributed by atoms with Crippen molar-refractivity contribution < 1.29 is 8.42 Å². The molecule has 1 aliphatic heterocycles. The monoisotopic (exact) mass is 210 g/mol.